The number of nitrogens with zero attached hydrogens (tertiary/aromatic N) is 2. The molecule has 110 valence electrons. The van der Waals surface area contributed by atoms with Crippen molar-refractivity contribution in [3.8, 4) is 11.8 Å². The third-order valence-electron chi connectivity index (χ3n) is 2.61. The Morgan fingerprint density at radius 3 is 2.73 bits per heavy atom. The molecule has 3 N–H and O–H groups in total. The van der Waals surface area contributed by atoms with Crippen molar-refractivity contribution < 1.29 is 9.90 Å². The van der Waals surface area contributed by atoms with Crippen LogP contribution in [-0.4, -0.2) is 16.0 Å². The molecule has 1 aromatic carbocycles. The fourth-order valence-electron chi connectivity index (χ4n) is 1.52. The molecule has 0 aliphatic rings. The lowest BCUT2D eigenvalue weighted by Gasteiger charge is -2.06. The van der Waals surface area contributed by atoms with Gasteiger partial charge in [-0.15, -0.1) is 0 Å². The Balaban J connectivity index is 2.09. The van der Waals surface area contributed by atoms with E-state index in [0.29, 0.717) is 5.82 Å². The number of phenolic OH excluding ortho intramolecular Hbond substituents is 1. The first-order chi connectivity index (χ1) is 10.6. The average molecular weight is 359 g/mol. The molecule has 1 heterocycles. The van der Waals surface area contributed by atoms with Gasteiger partial charge in [-0.05, 0) is 40.2 Å². The van der Waals surface area contributed by atoms with E-state index in [-0.39, 0.29) is 17.0 Å². The van der Waals surface area contributed by atoms with Crippen LogP contribution in [0.15, 0.2) is 58.8 Å². The highest BCUT2D eigenvalue weighted by molar-refractivity contribution is 9.10. The van der Waals surface area contributed by atoms with Gasteiger partial charge in [-0.1, -0.05) is 12.1 Å². The van der Waals surface area contributed by atoms with Crippen LogP contribution in [0.3, 0.4) is 0 Å². The van der Waals surface area contributed by atoms with Crippen molar-refractivity contribution in [3.63, 3.8) is 0 Å². The molecule has 7 heteroatoms. The van der Waals surface area contributed by atoms with Crippen molar-refractivity contribution in [2.75, 3.05) is 10.6 Å². The molecular weight excluding hydrogens is 348 g/mol. The summed E-state index contributed by atoms with van der Waals surface area (Å²) >= 11 is 3.26. The first-order valence-electron chi connectivity index (χ1n) is 6.18. The number of benzene rings is 1. The van der Waals surface area contributed by atoms with Gasteiger partial charge in [0, 0.05) is 16.9 Å². The van der Waals surface area contributed by atoms with E-state index in [0.717, 1.165) is 4.47 Å². The molecule has 0 atom stereocenters. The van der Waals surface area contributed by atoms with Gasteiger partial charge in [-0.25, -0.2) is 4.98 Å². The largest absolute Gasteiger partial charge is 0.506 e. The van der Waals surface area contributed by atoms with Crippen molar-refractivity contribution in [2.45, 2.75) is 0 Å². The molecule has 0 spiro atoms. The van der Waals surface area contributed by atoms with Gasteiger partial charge >= 0.3 is 0 Å². The number of carbonyl (C=O) groups excluding carboxylic acids is 1. The van der Waals surface area contributed by atoms with E-state index in [9.17, 15) is 9.90 Å². The van der Waals surface area contributed by atoms with Crippen molar-refractivity contribution in [2.24, 2.45) is 0 Å². The fourth-order valence-corrected chi connectivity index (χ4v) is 1.76. The number of phenols is 1. The lowest BCUT2D eigenvalue weighted by molar-refractivity contribution is -0.112. The third kappa shape index (κ3) is 4.07. The van der Waals surface area contributed by atoms with Crippen LogP contribution in [0.1, 0.15) is 0 Å². The number of halogens is 1. The number of amides is 1. The Bertz CT molecular complexity index is 751. The molecule has 0 saturated heterocycles. The number of carbonyl (C=O) groups is 1. The van der Waals surface area contributed by atoms with Crippen molar-refractivity contribution in [3.05, 3.63) is 58.8 Å². The number of anilines is 2. The Kier molecular flexibility index (Phi) is 5.11. The van der Waals surface area contributed by atoms with Crippen LogP contribution in [-0.2, 0) is 4.79 Å². The number of rotatable bonds is 4. The van der Waals surface area contributed by atoms with Crippen LogP contribution >= 0.6 is 15.9 Å². The van der Waals surface area contributed by atoms with E-state index in [4.69, 9.17) is 5.26 Å². The van der Waals surface area contributed by atoms with Gasteiger partial charge in [0.1, 0.15) is 23.2 Å². The number of aromatic nitrogens is 1. The first kappa shape index (κ1) is 15.5. The van der Waals surface area contributed by atoms with Gasteiger partial charge in [-0.2, -0.15) is 5.26 Å². The van der Waals surface area contributed by atoms with E-state index in [1.54, 1.807) is 36.5 Å². The zero-order valence-electron chi connectivity index (χ0n) is 11.2. The number of hydrogen-bond donors (Lipinski definition) is 3. The standard InChI is InChI=1S/C15H11BrN4O2/c16-11-5-6-14(19-9-11)18-8-10(7-17)15(22)20-12-3-1-2-4-13(12)21/h1-6,8-9,21H,(H,18,19)(H,20,22)/b10-8-. The quantitative estimate of drug-likeness (QED) is 0.443. The lowest BCUT2D eigenvalue weighted by Crippen LogP contribution is -2.14. The zero-order chi connectivity index (χ0) is 15.9. The summed E-state index contributed by atoms with van der Waals surface area (Å²) in [5, 5.41) is 23.9. The van der Waals surface area contributed by atoms with Crippen LogP contribution in [0.5, 0.6) is 5.75 Å². The van der Waals surface area contributed by atoms with E-state index >= 15 is 0 Å². The van der Waals surface area contributed by atoms with Gasteiger partial charge < -0.3 is 15.7 Å². The summed E-state index contributed by atoms with van der Waals surface area (Å²) in [5.41, 5.74) is 0.0865. The lowest BCUT2D eigenvalue weighted by atomic mass is 10.2. The van der Waals surface area contributed by atoms with Crippen LogP contribution in [0.2, 0.25) is 0 Å². The highest BCUT2D eigenvalue weighted by Gasteiger charge is 2.11. The van der Waals surface area contributed by atoms with Crippen molar-refractivity contribution in [1.82, 2.24) is 4.98 Å². The number of aromatic hydroxyl groups is 1. The maximum atomic E-state index is 12.0. The topological polar surface area (TPSA) is 98.0 Å². The van der Waals surface area contributed by atoms with E-state index < -0.39 is 5.91 Å². The summed E-state index contributed by atoms with van der Waals surface area (Å²) in [6.07, 6.45) is 2.84. The van der Waals surface area contributed by atoms with Gasteiger partial charge in [-0.3, -0.25) is 4.79 Å². The first-order valence-corrected chi connectivity index (χ1v) is 6.97. The van der Waals surface area contributed by atoms with Gasteiger partial charge in [0.15, 0.2) is 0 Å². The highest BCUT2D eigenvalue weighted by atomic mass is 79.9. The number of nitrogens with one attached hydrogen (secondary N) is 2. The molecule has 0 aliphatic carbocycles. The Hall–Kier alpha value is -2.85. The summed E-state index contributed by atoms with van der Waals surface area (Å²) in [4.78, 5) is 16.0. The Morgan fingerprint density at radius 2 is 2.09 bits per heavy atom. The molecule has 0 saturated carbocycles. The number of nitriles is 1. The second-order valence-corrected chi connectivity index (χ2v) is 5.06. The predicted octanol–water partition coefficient (Wildman–Crippen LogP) is 3.01. The SMILES string of the molecule is N#C/C(=C/Nc1ccc(Br)cn1)C(=O)Nc1ccccc1O. The molecule has 22 heavy (non-hydrogen) atoms. The molecule has 6 nitrogen and oxygen atoms in total. The summed E-state index contributed by atoms with van der Waals surface area (Å²) in [7, 11) is 0. The minimum Gasteiger partial charge on any atom is -0.506 e. The molecule has 0 aliphatic heterocycles. The van der Waals surface area contributed by atoms with Crippen molar-refractivity contribution >= 4 is 33.3 Å². The molecule has 0 bridgehead atoms. The smallest absolute Gasteiger partial charge is 0.267 e. The minimum absolute atomic E-state index is 0.0734. The number of para-hydroxylation sites is 2. The van der Waals surface area contributed by atoms with E-state index in [1.165, 1.54) is 18.3 Å². The summed E-state index contributed by atoms with van der Waals surface area (Å²) < 4.78 is 0.819. The summed E-state index contributed by atoms with van der Waals surface area (Å²) in [6.45, 7) is 0. The van der Waals surface area contributed by atoms with E-state index in [2.05, 4.69) is 31.5 Å². The Labute approximate surface area is 135 Å². The number of hydrogen-bond acceptors (Lipinski definition) is 5. The molecule has 1 aromatic heterocycles. The van der Waals surface area contributed by atoms with Crippen LogP contribution in [0.25, 0.3) is 0 Å². The van der Waals surface area contributed by atoms with Crippen molar-refractivity contribution in [1.29, 1.82) is 5.26 Å². The second kappa shape index (κ2) is 7.24. The van der Waals surface area contributed by atoms with Gasteiger partial charge in [0.05, 0.1) is 5.69 Å². The van der Waals surface area contributed by atoms with Crippen LogP contribution in [0, 0.1) is 11.3 Å². The molecular formula is C15H11BrN4O2. The molecule has 2 rings (SSSR count). The molecule has 1 amide bonds. The third-order valence-corrected chi connectivity index (χ3v) is 3.08. The van der Waals surface area contributed by atoms with Gasteiger partial charge in [0.2, 0.25) is 0 Å². The summed E-state index contributed by atoms with van der Waals surface area (Å²) in [6, 6.07) is 11.5. The molecule has 2 aromatic rings. The predicted molar refractivity (Wildman–Crippen MR) is 86.0 cm³/mol. The summed E-state index contributed by atoms with van der Waals surface area (Å²) in [5.74, 6) is -0.212. The molecule has 0 radical (unpaired) electrons. The number of pyridine rings is 1. The second-order valence-electron chi connectivity index (χ2n) is 4.15. The highest BCUT2D eigenvalue weighted by Crippen LogP contribution is 2.22. The average Bonchev–Trinajstić information content (AvgIpc) is 2.52. The van der Waals surface area contributed by atoms with E-state index in [1.807, 2.05) is 0 Å². The zero-order valence-corrected chi connectivity index (χ0v) is 12.8. The normalized spacial score (nSPS) is 10.6. The molecule has 0 unspecified atom stereocenters. The minimum atomic E-state index is -0.631. The van der Waals surface area contributed by atoms with Gasteiger partial charge in [0.25, 0.3) is 5.91 Å². The Morgan fingerprint density at radius 1 is 1.32 bits per heavy atom. The molecule has 0 fully saturated rings. The van der Waals surface area contributed by atoms with Crippen LogP contribution in [0.4, 0.5) is 11.5 Å². The van der Waals surface area contributed by atoms with Crippen LogP contribution < -0.4 is 10.6 Å². The fraction of sp³-hybridized carbons (Fsp3) is 0. The maximum absolute atomic E-state index is 12.0. The maximum Gasteiger partial charge on any atom is 0.267 e. The monoisotopic (exact) mass is 358 g/mol.